The van der Waals surface area contributed by atoms with Crippen molar-refractivity contribution in [3.05, 3.63) is 41.3 Å². The first-order valence-corrected chi connectivity index (χ1v) is 5.38. The van der Waals surface area contributed by atoms with E-state index in [0.717, 1.165) is 16.6 Å². The zero-order chi connectivity index (χ0) is 11.7. The maximum Gasteiger partial charge on any atom is 0.125 e. The van der Waals surface area contributed by atoms with Crippen molar-refractivity contribution in [3.8, 4) is 0 Å². The van der Waals surface area contributed by atoms with E-state index in [1.54, 1.807) is 6.07 Å². The molecule has 2 rings (SSSR count). The Morgan fingerprint density at radius 3 is 2.81 bits per heavy atom. The number of fused-ring (bicyclic) bond motifs is 1. The average molecular weight is 218 g/mol. The van der Waals surface area contributed by atoms with Gasteiger partial charge in [-0.15, -0.1) is 0 Å². The predicted molar refractivity (Wildman–Crippen MR) is 63.9 cm³/mol. The summed E-state index contributed by atoms with van der Waals surface area (Å²) in [5.74, 6) is -0.0529. The van der Waals surface area contributed by atoms with E-state index in [4.69, 9.17) is 5.73 Å². The van der Waals surface area contributed by atoms with Gasteiger partial charge in [-0.3, -0.25) is 4.98 Å². The highest BCUT2D eigenvalue weighted by Gasteiger charge is 2.10. The van der Waals surface area contributed by atoms with Crippen LogP contribution in [0.1, 0.15) is 24.1 Å². The minimum absolute atomic E-state index is 0.202. The molecule has 0 aliphatic heterocycles. The fourth-order valence-corrected chi connectivity index (χ4v) is 1.87. The van der Waals surface area contributed by atoms with Gasteiger partial charge in [0.15, 0.2) is 0 Å². The summed E-state index contributed by atoms with van der Waals surface area (Å²) in [4.78, 5) is 4.49. The molecule has 16 heavy (non-hydrogen) atoms. The topological polar surface area (TPSA) is 38.9 Å². The third-order valence-electron chi connectivity index (χ3n) is 2.83. The van der Waals surface area contributed by atoms with Gasteiger partial charge >= 0.3 is 0 Å². The van der Waals surface area contributed by atoms with E-state index in [-0.39, 0.29) is 11.7 Å². The zero-order valence-corrected chi connectivity index (χ0v) is 9.50. The lowest BCUT2D eigenvalue weighted by Crippen LogP contribution is -2.12. The summed E-state index contributed by atoms with van der Waals surface area (Å²) < 4.78 is 13.1. The largest absolute Gasteiger partial charge is 0.330 e. The van der Waals surface area contributed by atoms with Crippen LogP contribution in [0.25, 0.3) is 10.9 Å². The molecule has 0 aliphatic carbocycles. The van der Waals surface area contributed by atoms with Gasteiger partial charge in [-0.2, -0.15) is 0 Å². The van der Waals surface area contributed by atoms with Gasteiger partial charge in [0.25, 0.3) is 0 Å². The Morgan fingerprint density at radius 1 is 1.38 bits per heavy atom. The number of pyridine rings is 1. The van der Waals surface area contributed by atoms with Crippen molar-refractivity contribution in [2.75, 3.05) is 6.54 Å². The molecular formula is C13H15FN2. The molecule has 2 nitrogen and oxygen atoms in total. The third-order valence-corrected chi connectivity index (χ3v) is 2.83. The van der Waals surface area contributed by atoms with Gasteiger partial charge in [-0.1, -0.05) is 6.92 Å². The van der Waals surface area contributed by atoms with E-state index < -0.39 is 0 Å². The molecule has 84 valence electrons. The van der Waals surface area contributed by atoms with Crippen LogP contribution in [-0.4, -0.2) is 11.5 Å². The van der Waals surface area contributed by atoms with Crippen molar-refractivity contribution in [1.29, 1.82) is 0 Å². The highest BCUT2D eigenvalue weighted by Crippen LogP contribution is 2.22. The predicted octanol–water partition coefficient (Wildman–Crippen LogP) is 2.74. The van der Waals surface area contributed by atoms with Crippen LogP contribution in [0.5, 0.6) is 0 Å². The normalized spacial score (nSPS) is 13.0. The number of nitrogens with zero attached hydrogens (tertiary/aromatic N) is 1. The van der Waals surface area contributed by atoms with Crippen molar-refractivity contribution in [1.82, 2.24) is 4.98 Å². The monoisotopic (exact) mass is 218 g/mol. The van der Waals surface area contributed by atoms with Crippen LogP contribution in [-0.2, 0) is 0 Å². The molecule has 1 aromatic carbocycles. The first-order valence-electron chi connectivity index (χ1n) is 5.38. The summed E-state index contributed by atoms with van der Waals surface area (Å²) in [6.45, 7) is 4.59. The summed E-state index contributed by atoms with van der Waals surface area (Å²) in [6.07, 6.45) is 0. The second-order valence-corrected chi connectivity index (χ2v) is 4.16. The van der Waals surface area contributed by atoms with Gasteiger partial charge in [0, 0.05) is 29.6 Å². The molecule has 1 atom stereocenters. The Hall–Kier alpha value is -1.48. The van der Waals surface area contributed by atoms with Crippen molar-refractivity contribution in [2.45, 2.75) is 19.8 Å². The SMILES string of the molecule is Cc1cc2ccc(F)cc2nc1C(C)CN. The van der Waals surface area contributed by atoms with Gasteiger partial charge in [0.05, 0.1) is 5.52 Å². The van der Waals surface area contributed by atoms with Crippen LogP contribution in [0.4, 0.5) is 4.39 Å². The molecule has 0 amide bonds. The molecule has 0 bridgehead atoms. The van der Waals surface area contributed by atoms with E-state index in [0.29, 0.717) is 12.1 Å². The van der Waals surface area contributed by atoms with Gasteiger partial charge < -0.3 is 5.73 Å². The molecule has 2 N–H and O–H groups in total. The maximum absolute atomic E-state index is 13.1. The maximum atomic E-state index is 13.1. The summed E-state index contributed by atoms with van der Waals surface area (Å²) in [5.41, 5.74) is 8.40. The van der Waals surface area contributed by atoms with Crippen LogP contribution in [0.15, 0.2) is 24.3 Å². The number of aryl methyl sites for hydroxylation is 1. The zero-order valence-electron chi connectivity index (χ0n) is 9.50. The highest BCUT2D eigenvalue weighted by molar-refractivity contribution is 5.79. The Labute approximate surface area is 94.3 Å². The van der Waals surface area contributed by atoms with Gasteiger partial charge in [-0.25, -0.2) is 4.39 Å². The molecule has 0 saturated heterocycles. The molecule has 1 heterocycles. The van der Waals surface area contributed by atoms with E-state index in [9.17, 15) is 4.39 Å². The van der Waals surface area contributed by atoms with Crippen molar-refractivity contribution in [3.63, 3.8) is 0 Å². The molecule has 0 radical (unpaired) electrons. The van der Waals surface area contributed by atoms with Crippen LogP contribution in [0, 0.1) is 12.7 Å². The van der Waals surface area contributed by atoms with Gasteiger partial charge in [0.2, 0.25) is 0 Å². The van der Waals surface area contributed by atoms with Gasteiger partial charge in [-0.05, 0) is 30.7 Å². The molecule has 1 aromatic heterocycles. The van der Waals surface area contributed by atoms with E-state index in [1.165, 1.54) is 12.1 Å². The van der Waals surface area contributed by atoms with E-state index in [1.807, 2.05) is 19.9 Å². The molecule has 1 unspecified atom stereocenters. The fourth-order valence-electron chi connectivity index (χ4n) is 1.87. The summed E-state index contributed by atoms with van der Waals surface area (Å²) in [7, 11) is 0. The van der Waals surface area contributed by atoms with Crippen molar-refractivity contribution < 1.29 is 4.39 Å². The number of benzene rings is 1. The number of aromatic nitrogens is 1. The average Bonchev–Trinajstić information content (AvgIpc) is 2.28. The molecule has 0 fully saturated rings. The van der Waals surface area contributed by atoms with Crippen molar-refractivity contribution >= 4 is 10.9 Å². The summed E-state index contributed by atoms with van der Waals surface area (Å²) in [5, 5.41) is 0.965. The molecule has 0 saturated carbocycles. The minimum atomic E-state index is -0.254. The quantitative estimate of drug-likeness (QED) is 0.841. The number of hydrogen-bond donors (Lipinski definition) is 1. The molecule has 0 spiro atoms. The lowest BCUT2D eigenvalue weighted by atomic mass is 10.0. The molecule has 2 aromatic rings. The van der Waals surface area contributed by atoms with E-state index in [2.05, 4.69) is 4.98 Å². The third kappa shape index (κ3) is 1.91. The number of hydrogen-bond acceptors (Lipinski definition) is 2. The highest BCUT2D eigenvalue weighted by atomic mass is 19.1. The van der Waals surface area contributed by atoms with Crippen molar-refractivity contribution in [2.24, 2.45) is 5.73 Å². The van der Waals surface area contributed by atoms with Crippen LogP contribution < -0.4 is 5.73 Å². The number of halogens is 1. The first kappa shape index (κ1) is 11.0. The number of rotatable bonds is 2. The minimum Gasteiger partial charge on any atom is -0.330 e. The first-order chi connectivity index (χ1) is 7.61. The lowest BCUT2D eigenvalue weighted by Gasteiger charge is -2.12. The molecule has 3 heteroatoms. The molecule has 0 aliphatic rings. The van der Waals surface area contributed by atoms with Crippen LogP contribution in [0.2, 0.25) is 0 Å². The Morgan fingerprint density at radius 2 is 2.12 bits per heavy atom. The fraction of sp³-hybridized carbons (Fsp3) is 0.308. The Kier molecular flexibility index (Phi) is 2.88. The second-order valence-electron chi connectivity index (χ2n) is 4.16. The van der Waals surface area contributed by atoms with Gasteiger partial charge in [0.1, 0.15) is 5.82 Å². The standard InChI is InChI=1S/C13H15FN2/c1-8-5-10-3-4-11(14)6-12(10)16-13(8)9(2)7-15/h3-6,9H,7,15H2,1-2H3. The Balaban J connectivity index is 2.64. The summed E-state index contributed by atoms with van der Waals surface area (Å²) >= 11 is 0. The van der Waals surface area contributed by atoms with E-state index >= 15 is 0 Å². The summed E-state index contributed by atoms with van der Waals surface area (Å²) in [6, 6.07) is 6.70. The number of nitrogens with two attached hydrogens (primary N) is 1. The second kappa shape index (κ2) is 4.18. The van der Waals surface area contributed by atoms with Crippen LogP contribution in [0.3, 0.4) is 0 Å². The van der Waals surface area contributed by atoms with Crippen LogP contribution >= 0.6 is 0 Å². The molecular weight excluding hydrogens is 203 g/mol. The smallest absolute Gasteiger partial charge is 0.125 e. The Bertz CT molecular complexity index is 523. The lowest BCUT2D eigenvalue weighted by molar-refractivity contribution is 0.629.